The zero-order valence-corrected chi connectivity index (χ0v) is 13.7. The van der Waals surface area contributed by atoms with Crippen molar-refractivity contribution in [3.05, 3.63) is 83.9 Å². The smallest absolute Gasteiger partial charge is 0.305 e. The number of hydrogen-bond acceptors (Lipinski definition) is 3. The van der Waals surface area contributed by atoms with Gasteiger partial charge in [0, 0.05) is 6.20 Å². The van der Waals surface area contributed by atoms with Gasteiger partial charge in [0.25, 0.3) is 5.91 Å². The fourth-order valence-electron chi connectivity index (χ4n) is 2.53. The number of rotatable bonds is 6. The summed E-state index contributed by atoms with van der Waals surface area (Å²) in [6, 6.07) is 13.9. The highest BCUT2D eigenvalue weighted by atomic mass is 19.1. The van der Waals surface area contributed by atoms with E-state index in [2.05, 4.69) is 10.4 Å². The van der Waals surface area contributed by atoms with Crippen molar-refractivity contribution in [3.8, 4) is 5.69 Å². The van der Waals surface area contributed by atoms with E-state index >= 15 is 0 Å². The molecule has 1 atom stereocenters. The van der Waals surface area contributed by atoms with E-state index < -0.39 is 23.7 Å². The number of carbonyl (C=O) groups is 2. The molecule has 0 aliphatic rings. The molecule has 26 heavy (non-hydrogen) atoms. The van der Waals surface area contributed by atoms with Gasteiger partial charge in [-0.25, -0.2) is 9.07 Å². The number of benzene rings is 2. The number of nitrogens with one attached hydrogen (secondary N) is 1. The average Bonchev–Trinajstić information content (AvgIpc) is 3.12. The summed E-state index contributed by atoms with van der Waals surface area (Å²) in [7, 11) is 0. The molecule has 1 heterocycles. The van der Waals surface area contributed by atoms with Gasteiger partial charge in [0.05, 0.1) is 29.9 Å². The van der Waals surface area contributed by atoms with Crippen molar-refractivity contribution < 1.29 is 19.1 Å². The SMILES string of the molecule is O=C(O)C[C@@H](NC(=O)c1cnn(-c2ccccc2)c1)c1ccc(F)cc1. The van der Waals surface area contributed by atoms with E-state index in [0.717, 1.165) is 5.69 Å². The van der Waals surface area contributed by atoms with Crippen LogP contribution in [0.15, 0.2) is 67.0 Å². The Morgan fingerprint density at radius 2 is 1.81 bits per heavy atom. The number of carbonyl (C=O) groups excluding carboxylic acids is 1. The van der Waals surface area contributed by atoms with E-state index in [-0.39, 0.29) is 6.42 Å². The largest absolute Gasteiger partial charge is 0.481 e. The van der Waals surface area contributed by atoms with Gasteiger partial charge in [0.2, 0.25) is 0 Å². The molecule has 0 unspecified atom stereocenters. The van der Waals surface area contributed by atoms with Crippen LogP contribution in [0.3, 0.4) is 0 Å². The number of aromatic nitrogens is 2. The molecule has 0 aliphatic heterocycles. The topological polar surface area (TPSA) is 84.2 Å². The van der Waals surface area contributed by atoms with Gasteiger partial charge in [0.15, 0.2) is 0 Å². The Morgan fingerprint density at radius 3 is 2.46 bits per heavy atom. The molecule has 7 heteroatoms. The molecule has 1 amide bonds. The van der Waals surface area contributed by atoms with Crippen LogP contribution >= 0.6 is 0 Å². The van der Waals surface area contributed by atoms with Crippen molar-refractivity contribution >= 4 is 11.9 Å². The number of halogens is 1. The van der Waals surface area contributed by atoms with Gasteiger partial charge in [-0.3, -0.25) is 9.59 Å². The van der Waals surface area contributed by atoms with Crippen LogP contribution in [0.4, 0.5) is 4.39 Å². The van der Waals surface area contributed by atoms with Gasteiger partial charge in [-0.05, 0) is 29.8 Å². The molecule has 0 saturated carbocycles. The Morgan fingerprint density at radius 1 is 1.12 bits per heavy atom. The average molecular weight is 353 g/mol. The molecule has 1 aromatic heterocycles. The van der Waals surface area contributed by atoms with Gasteiger partial charge in [-0.1, -0.05) is 30.3 Å². The van der Waals surface area contributed by atoms with Crippen molar-refractivity contribution in [3.63, 3.8) is 0 Å². The van der Waals surface area contributed by atoms with Crippen LogP contribution in [0, 0.1) is 5.82 Å². The third-order valence-electron chi connectivity index (χ3n) is 3.82. The van der Waals surface area contributed by atoms with E-state index in [1.807, 2.05) is 30.3 Å². The number of amides is 1. The van der Waals surface area contributed by atoms with Gasteiger partial charge in [0.1, 0.15) is 5.82 Å². The number of para-hydroxylation sites is 1. The second-order valence-electron chi connectivity index (χ2n) is 5.68. The fourth-order valence-corrected chi connectivity index (χ4v) is 2.53. The van der Waals surface area contributed by atoms with E-state index in [4.69, 9.17) is 5.11 Å². The Labute approximate surface area is 148 Å². The summed E-state index contributed by atoms with van der Waals surface area (Å²) in [4.78, 5) is 23.6. The minimum absolute atomic E-state index is 0.298. The quantitative estimate of drug-likeness (QED) is 0.714. The lowest BCUT2D eigenvalue weighted by Crippen LogP contribution is -2.30. The Bertz CT molecular complexity index is 907. The van der Waals surface area contributed by atoms with Gasteiger partial charge in [-0.2, -0.15) is 5.10 Å². The fraction of sp³-hybridized carbons (Fsp3) is 0.105. The van der Waals surface area contributed by atoms with Crippen molar-refractivity contribution in [1.82, 2.24) is 15.1 Å². The highest BCUT2D eigenvalue weighted by molar-refractivity contribution is 5.94. The normalized spacial score (nSPS) is 11.7. The van der Waals surface area contributed by atoms with Crippen LogP contribution in [0.1, 0.15) is 28.4 Å². The van der Waals surface area contributed by atoms with E-state index in [0.29, 0.717) is 11.1 Å². The number of nitrogens with zero attached hydrogens (tertiary/aromatic N) is 2. The van der Waals surface area contributed by atoms with Crippen LogP contribution in [-0.2, 0) is 4.79 Å². The first-order valence-electron chi connectivity index (χ1n) is 7.91. The lowest BCUT2D eigenvalue weighted by atomic mass is 10.0. The van der Waals surface area contributed by atoms with E-state index in [1.54, 1.807) is 10.9 Å². The molecule has 0 aliphatic carbocycles. The number of hydrogen-bond donors (Lipinski definition) is 2. The van der Waals surface area contributed by atoms with E-state index in [9.17, 15) is 14.0 Å². The molecular formula is C19H16FN3O3. The monoisotopic (exact) mass is 353 g/mol. The summed E-state index contributed by atoms with van der Waals surface area (Å²) in [6.45, 7) is 0. The predicted molar refractivity (Wildman–Crippen MR) is 92.4 cm³/mol. The molecule has 0 saturated heterocycles. The van der Waals surface area contributed by atoms with Crippen molar-refractivity contribution in [2.75, 3.05) is 0 Å². The standard InChI is InChI=1S/C19H16FN3O3/c20-15-8-6-13(7-9-15)17(10-18(24)25)22-19(26)14-11-21-23(12-14)16-4-2-1-3-5-16/h1-9,11-12,17H,10H2,(H,22,26)(H,24,25)/t17-/m1/s1. The lowest BCUT2D eigenvalue weighted by Gasteiger charge is -2.17. The molecular weight excluding hydrogens is 337 g/mol. The van der Waals surface area contributed by atoms with Gasteiger partial charge in [-0.15, -0.1) is 0 Å². The zero-order chi connectivity index (χ0) is 18.5. The number of carboxylic acid groups (broad SMARTS) is 1. The third kappa shape index (κ3) is 4.13. The molecule has 0 bridgehead atoms. The first kappa shape index (κ1) is 17.3. The molecule has 0 fully saturated rings. The number of aliphatic carboxylic acids is 1. The first-order chi connectivity index (χ1) is 12.5. The number of carboxylic acids is 1. The van der Waals surface area contributed by atoms with Crippen molar-refractivity contribution in [2.24, 2.45) is 0 Å². The minimum atomic E-state index is -1.07. The van der Waals surface area contributed by atoms with Gasteiger partial charge >= 0.3 is 5.97 Å². The Hall–Kier alpha value is -3.48. The second kappa shape index (κ2) is 7.60. The third-order valence-corrected chi connectivity index (χ3v) is 3.82. The maximum atomic E-state index is 13.1. The molecule has 3 aromatic rings. The Kier molecular flexibility index (Phi) is 5.07. The van der Waals surface area contributed by atoms with Crippen LogP contribution in [-0.4, -0.2) is 26.8 Å². The molecule has 0 spiro atoms. The molecule has 132 valence electrons. The molecule has 2 N–H and O–H groups in total. The second-order valence-corrected chi connectivity index (χ2v) is 5.68. The van der Waals surface area contributed by atoms with Gasteiger partial charge < -0.3 is 10.4 Å². The summed E-state index contributed by atoms with van der Waals surface area (Å²) in [5.41, 5.74) is 1.61. The molecule has 0 radical (unpaired) electrons. The van der Waals surface area contributed by atoms with E-state index in [1.165, 1.54) is 30.5 Å². The molecule has 3 rings (SSSR count). The summed E-state index contributed by atoms with van der Waals surface area (Å²) >= 11 is 0. The van der Waals surface area contributed by atoms with Crippen molar-refractivity contribution in [1.29, 1.82) is 0 Å². The summed E-state index contributed by atoms with van der Waals surface area (Å²) in [5.74, 6) is -1.96. The summed E-state index contributed by atoms with van der Waals surface area (Å²) in [6.07, 6.45) is 2.65. The highest BCUT2D eigenvalue weighted by Crippen LogP contribution is 2.18. The Balaban J connectivity index is 1.78. The molecule has 2 aromatic carbocycles. The lowest BCUT2D eigenvalue weighted by molar-refractivity contribution is -0.137. The summed E-state index contributed by atoms with van der Waals surface area (Å²) < 4.78 is 14.6. The van der Waals surface area contributed by atoms with Crippen LogP contribution in [0.5, 0.6) is 0 Å². The maximum Gasteiger partial charge on any atom is 0.305 e. The first-order valence-corrected chi connectivity index (χ1v) is 7.91. The van der Waals surface area contributed by atoms with Crippen LogP contribution in [0.25, 0.3) is 5.69 Å². The summed E-state index contributed by atoms with van der Waals surface area (Å²) in [5, 5.41) is 15.9. The minimum Gasteiger partial charge on any atom is -0.481 e. The predicted octanol–water partition coefficient (Wildman–Crippen LogP) is 2.96. The maximum absolute atomic E-state index is 13.1. The highest BCUT2D eigenvalue weighted by Gasteiger charge is 2.20. The zero-order valence-electron chi connectivity index (χ0n) is 13.7. The van der Waals surface area contributed by atoms with Crippen molar-refractivity contribution in [2.45, 2.75) is 12.5 Å². The van der Waals surface area contributed by atoms with Crippen LogP contribution < -0.4 is 5.32 Å². The molecule has 6 nitrogen and oxygen atoms in total. The van der Waals surface area contributed by atoms with Crippen LogP contribution in [0.2, 0.25) is 0 Å².